The number of benzene rings is 2. The molecule has 0 radical (unpaired) electrons. The summed E-state index contributed by atoms with van der Waals surface area (Å²) < 4.78 is 5.23. The van der Waals surface area contributed by atoms with E-state index in [9.17, 15) is 14.4 Å². The van der Waals surface area contributed by atoms with Gasteiger partial charge in [0.2, 0.25) is 11.8 Å². The van der Waals surface area contributed by atoms with Crippen LogP contribution in [-0.4, -0.2) is 71.8 Å². The number of carbonyl (C=O) groups excluding carboxylic acids is 3. The summed E-state index contributed by atoms with van der Waals surface area (Å²) >= 11 is 0. The molecule has 180 valence electrons. The number of hydrogen-bond donors (Lipinski definition) is 0. The summed E-state index contributed by atoms with van der Waals surface area (Å²) in [5.41, 5.74) is 2.81. The van der Waals surface area contributed by atoms with Crippen LogP contribution in [0.2, 0.25) is 0 Å². The number of fused-ring (bicyclic) bond motifs is 1. The van der Waals surface area contributed by atoms with Crippen molar-refractivity contribution in [1.82, 2.24) is 14.7 Å². The second kappa shape index (κ2) is 10.3. The van der Waals surface area contributed by atoms with E-state index < -0.39 is 6.04 Å². The van der Waals surface area contributed by atoms with E-state index in [-0.39, 0.29) is 23.6 Å². The number of hydrogen-bond acceptors (Lipinski definition) is 4. The number of ether oxygens (including phenoxy) is 1. The normalized spacial score (nSPS) is 18.0. The van der Waals surface area contributed by atoms with Gasteiger partial charge in [0.25, 0.3) is 5.91 Å². The summed E-state index contributed by atoms with van der Waals surface area (Å²) in [4.78, 5) is 45.0. The Morgan fingerprint density at radius 1 is 0.941 bits per heavy atom. The van der Waals surface area contributed by atoms with E-state index in [4.69, 9.17) is 4.74 Å². The van der Waals surface area contributed by atoms with Crippen molar-refractivity contribution in [2.45, 2.75) is 39.3 Å². The molecule has 2 aromatic carbocycles. The molecule has 1 fully saturated rings. The fourth-order valence-corrected chi connectivity index (χ4v) is 4.75. The first-order valence-corrected chi connectivity index (χ1v) is 12.0. The van der Waals surface area contributed by atoms with Gasteiger partial charge in [0, 0.05) is 51.1 Å². The Morgan fingerprint density at radius 2 is 1.62 bits per heavy atom. The Hall–Kier alpha value is -3.35. The molecule has 2 heterocycles. The van der Waals surface area contributed by atoms with Gasteiger partial charge in [0.15, 0.2) is 0 Å². The molecule has 4 rings (SSSR count). The maximum atomic E-state index is 13.6. The molecule has 0 spiro atoms. The highest BCUT2D eigenvalue weighted by molar-refractivity contribution is 5.95. The molecule has 1 atom stereocenters. The number of methoxy groups -OCH3 is 1. The Balaban J connectivity index is 1.45. The number of rotatable bonds is 5. The Labute approximate surface area is 201 Å². The fraction of sp³-hybridized carbons (Fsp3) is 0.444. The number of carbonyl (C=O) groups is 3. The van der Waals surface area contributed by atoms with Gasteiger partial charge in [-0.25, -0.2) is 0 Å². The fourth-order valence-electron chi connectivity index (χ4n) is 4.75. The van der Waals surface area contributed by atoms with E-state index in [1.165, 1.54) is 0 Å². The predicted octanol–water partition coefficient (Wildman–Crippen LogP) is 2.98. The lowest BCUT2D eigenvalue weighted by atomic mass is 9.92. The maximum absolute atomic E-state index is 13.6. The van der Waals surface area contributed by atoms with Crippen LogP contribution in [0.25, 0.3) is 0 Å². The van der Waals surface area contributed by atoms with Crippen LogP contribution in [0.4, 0.5) is 0 Å². The quantitative estimate of drug-likeness (QED) is 0.684. The maximum Gasteiger partial charge on any atom is 0.254 e. The SMILES string of the molecule is COc1cccc(C(=O)N2CCN(C(=O)C3Cc4ccccc4CN3C(=O)CC(C)C)CC2)c1. The first kappa shape index (κ1) is 23.8. The van der Waals surface area contributed by atoms with Gasteiger partial charge in [0.05, 0.1) is 7.11 Å². The Morgan fingerprint density at radius 3 is 2.29 bits per heavy atom. The lowest BCUT2D eigenvalue weighted by Gasteiger charge is -2.41. The van der Waals surface area contributed by atoms with Crippen molar-refractivity contribution >= 4 is 17.7 Å². The van der Waals surface area contributed by atoms with Crippen LogP contribution in [-0.2, 0) is 22.6 Å². The minimum atomic E-state index is -0.498. The van der Waals surface area contributed by atoms with Crippen LogP contribution in [0.1, 0.15) is 41.8 Å². The van der Waals surface area contributed by atoms with E-state index in [2.05, 4.69) is 0 Å². The molecule has 7 heteroatoms. The molecule has 0 aromatic heterocycles. The zero-order valence-electron chi connectivity index (χ0n) is 20.2. The second-order valence-electron chi connectivity index (χ2n) is 9.46. The number of nitrogens with zero attached hydrogens (tertiary/aromatic N) is 3. The third kappa shape index (κ3) is 5.08. The Kier molecular flexibility index (Phi) is 7.20. The molecule has 2 aliphatic heterocycles. The van der Waals surface area contributed by atoms with Crippen molar-refractivity contribution in [2.24, 2.45) is 5.92 Å². The van der Waals surface area contributed by atoms with Crippen molar-refractivity contribution in [3.8, 4) is 5.75 Å². The van der Waals surface area contributed by atoms with E-state index in [0.29, 0.717) is 56.9 Å². The van der Waals surface area contributed by atoms with Gasteiger partial charge in [-0.15, -0.1) is 0 Å². The largest absolute Gasteiger partial charge is 0.497 e. The van der Waals surface area contributed by atoms with Crippen LogP contribution in [0.5, 0.6) is 5.75 Å². The van der Waals surface area contributed by atoms with Gasteiger partial charge in [-0.3, -0.25) is 14.4 Å². The number of piperazine rings is 1. The minimum Gasteiger partial charge on any atom is -0.497 e. The highest BCUT2D eigenvalue weighted by Crippen LogP contribution is 2.26. The third-order valence-corrected chi connectivity index (χ3v) is 6.63. The molecule has 7 nitrogen and oxygen atoms in total. The van der Waals surface area contributed by atoms with Gasteiger partial charge in [-0.05, 0) is 35.2 Å². The van der Waals surface area contributed by atoms with E-state index in [1.807, 2.05) is 49.1 Å². The highest BCUT2D eigenvalue weighted by Gasteiger charge is 2.38. The summed E-state index contributed by atoms with van der Waals surface area (Å²) in [6.07, 6.45) is 0.955. The molecular weight excluding hydrogens is 430 g/mol. The smallest absolute Gasteiger partial charge is 0.254 e. The molecule has 3 amide bonds. The molecule has 0 aliphatic carbocycles. The first-order chi connectivity index (χ1) is 16.4. The van der Waals surface area contributed by atoms with Gasteiger partial charge >= 0.3 is 0 Å². The van der Waals surface area contributed by atoms with Crippen molar-refractivity contribution in [1.29, 1.82) is 0 Å². The lowest BCUT2D eigenvalue weighted by Crippen LogP contribution is -2.58. The van der Waals surface area contributed by atoms with E-state index >= 15 is 0 Å². The number of amides is 3. The molecule has 0 bridgehead atoms. The van der Waals surface area contributed by atoms with Crippen LogP contribution in [0.3, 0.4) is 0 Å². The summed E-state index contributed by atoms with van der Waals surface area (Å²) in [7, 11) is 1.58. The zero-order valence-corrected chi connectivity index (χ0v) is 20.2. The van der Waals surface area contributed by atoms with Gasteiger partial charge in [-0.2, -0.15) is 0 Å². The minimum absolute atomic E-state index is 0.0229. The molecule has 1 unspecified atom stereocenters. The average molecular weight is 464 g/mol. The summed E-state index contributed by atoms with van der Waals surface area (Å²) in [6, 6.07) is 14.7. The molecule has 1 saturated heterocycles. The van der Waals surface area contributed by atoms with Crippen molar-refractivity contribution in [3.63, 3.8) is 0 Å². The van der Waals surface area contributed by atoms with Crippen LogP contribution >= 0.6 is 0 Å². The summed E-state index contributed by atoms with van der Waals surface area (Å²) in [5.74, 6) is 0.802. The highest BCUT2D eigenvalue weighted by atomic mass is 16.5. The van der Waals surface area contributed by atoms with Gasteiger partial charge in [0.1, 0.15) is 11.8 Å². The molecule has 0 N–H and O–H groups in total. The topological polar surface area (TPSA) is 70.2 Å². The molecule has 0 saturated carbocycles. The lowest BCUT2D eigenvalue weighted by molar-refractivity contribution is -0.148. The van der Waals surface area contributed by atoms with E-state index in [1.54, 1.807) is 35.1 Å². The van der Waals surface area contributed by atoms with Crippen molar-refractivity contribution in [2.75, 3.05) is 33.3 Å². The predicted molar refractivity (Wildman–Crippen MR) is 129 cm³/mol. The molecule has 34 heavy (non-hydrogen) atoms. The van der Waals surface area contributed by atoms with Gasteiger partial charge in [-0.1, -0.05) is 44.2 Å². The summed E-state index contributed by atoms with van der Waals surface area (Å²) in [6.45, 7) is 6.34. The standard InChI is InChI=1S/C27H33N3O4/c1-19(2)15-25(31)30-18-22-8-5-4-7-20(22)17-24(30)27(33)29-13-11-28(12-14-29)26(32)21-9-6-10-23(16-21)34-3/h4-10,16,19,24H,11-15,17-18H2,1-3H3. The molecular formula is C27H33N3O4. The third-order valence-electron chi connectivity index (χ3n) is 6.63. The molecule has 2 aliphatic rings. The van der Waals surface area contributed by atoms with Crippen molar-refractivity contribution in [3.05, 3.63) is 65.2 Å². The molecule has 2 aromatic rings. The second-order valence-corrected chi connectivity index (χ2v) is 9.46. The average Bonchev–Trinajstić information content (AvgIpc) is 2.86. The Bertz CT molecular complexity index is 1060. The van der Waals surface area contributed by atoms with Crippen molar-refractivity contribution < 1.29 is 19.1 Å². The van der Waals surface area contributed by atoms with E-state index in [0.717, 1.165) is 11.1 Å². The van der Waals surface area contributed by atoms with Crippen LogP contribution in [0, 0.1) is 5.92 Å². The first-order valence-electron chi connectivity index (χ1n) is 12.0. The van der Waals surface area contributed by atoms with Crippen LogP contribution in [0.15, 0.2) is 48.5 Å². The monoisotopic (exact) mass is 463 g/mol. The summed E-state index contributed by atoms with van der Waals surface area (Å²) in [5, 5.41) is 0. The van der Waals surface area contributed by atoms with Gasteiger partial charge < -0.3 is 19.4 Å². The zero-order chi connectivity index (χ0) is 24.2. The van der Waals surface area contributed by atoms with Crippen LogP contribution < -0.4 is 4.74 Å².